The minimum atomic E-state index is -0.309. The summed E-state index contributed by atoms with van der Waals surface area (Å²) in [5, 5.41) is 4.04. The largest absolute Gasteiger partial charge is 0.325 e. The highest BCUT2D eigenvalue weighted by Crippen LogP contribution is 2.33. The highest BCUT2D eigenvalue weighted by Gasteiger charge is 2.29. The molecule has 3 aromatic rings. The number of amides is 1. The summed E-state index contributed by atoms with van der Waals surface area (Å²) < 4.78 is 14.2. The number of aromatic nitrogens is 1. The molecule has 1 aliphatic rings. The summed E-state index contributed by atoms with van der Waals surface area (Å²) in [6, 6.07) is 13.8. The van der Waals surface area contributed by atoms with Crippen LogP contribution in [0.4, 0.5) is 10.1 Å². The fourth-order valence-corrected chi connectivity index (χ4v) is 4.66. The van der Waals surface area contributed by atoms with E-state index in [9.17, 15) is 9.18 Å². The van der Waals surface area contributed by atoms with Crippen molar-refractivity contribution in [2.24, 2.45) is 0 Å². The number of nitrogens with one attached hydrogen (secondary N) is 1. The van der Waals surface area contributed by atoms with Crippen LogP contribution in [0.3, 0.4) is 0 Å². The van der Waals surface area contributed by atoms with Crippen LogP contribution in [0.5, 0.6) is 0 Å². The number of piperidine rings is 1. The second-order valence-corrected chi connectivity index (χ2v) is 8.09. The van der Waals surface area contributed by atoms with Crippen molar-refractivity contribution in [2.75, 3.05) is 18.4 Å². The van der Waals surface area contributed by atoms with Gasteiger partial charge in [-0.05, 0) is 62.7 Å². The lowest BCUT2D eigenvalue weighted by Gasteiger charge is -2.35. The Labute approximate surface area is 162 Å². The molecule has 1 aromatic heterocycles. The molecule has 0 unspecified atom stereocenters. The Bertz CT molecular complexity index is 907. The predicted molar refractivity (Wildman–Crippen MR) is 108 cm³/mol. The molecule has 1 saturated heterocycles. The first-order chi connectivity index (χ1) is 13.1. The predicted octanol–water partition coefficient (Wildman–Crippen LogP) is 4.64. The zero-order valence-corrected chi connectivity index (χ0v) is 16.0. The number of rotatable bonds is 4. The monoisotopic (exact) mass is 383 g/mol. The lowest BCUT2D eigenvalue weighted by Crippen LogP contribution is -2.46. The second kappa shape index (κ2) is 7.74. The molecule has 0 aliphatic carbocycles. The van der Waals surface area contributed by atoms with Gasteiger partial charge in [0.25, 0.3) is 0 Å². The lowest BCUT2D eigenvalue weighted by atomic mass is 9.97. The third-order valence-electron chi connectivity index (χ3n) is 5.15. The maximum absolute atomic E-state index is 13.0. The second-order valence-electron chi connectivity index (χ2n) is 7.03. The SMILES string of the molecule is C[C@@H](C(=O)Nc1ccc(F)cc1)N1CCC[C@H](c2nc3ccccc3s2)C1. The number of anilines is 1. The van der Waals surface area contributed by atoms with Gasteiger partial charge in [0.2, 0.25) is 5.91 Å². The van der Waals surface area contributed by atoms with Crippen molar-refractivity contribution in [1.82, 2.24) is 9.88 Å². The van der Waals surface area contributed by atoms with Gasteiger partial charge in [-0.1, -0.05) is 12.1 Å². The van der Waals surface area contributed by atoms with E-state index in [1.54, 1.807) is 23.5 Å². The summed E-state index contributed by atoms with van der Waals surface area (Å²) in [6.45, 7) is 3.66. The van der Waals surface area contributed by atoms with E-state index in [1.807, 2.05) is 19.1 Å². The standard InChI is InChI=1S/C21H22FN3OS/c1-14(20(26)23-17-10-8-16(22)9-11-17)25-12-4-5-15(13-25)21-24-18-6-2-3-7-19(18)27-21/h2-3,6-11,14-15H,4-5,12-13H2,1H3,(H,23,26)/t14-,15-/m0/s1. The number of fused-ring (bicyclic) bond motifs is 1. The third kappa shape index (κ3) is 4.01. The van der Waals surface area contributed by atoms with E-state index in [1.165, 1.54) is 16.8 Å². The van der Waals surface area contributed by atoms with Crippen molar-refractivity contribution in [2.45, 2.75) is 31.7 Å². The van der Waals surface area contributed by atoms with Crippen LogP contribution in [-0.2, 0) is 4.79 Å². The molecule has 2 aromatic carbocycles. The van der Waals surface area contributed by atoms with Crippen LogP contribution in [0.1, 0.15) is 30.7 Å². The molecule has 1 amide bonds. The number of nitrogens with zero attached hydrogens (tertiary/aromatic N) is 2. The van der Waals surface area contributed by atoms with E-state index in [4.69, 9.17) is 4.98 Å². The number of carbonyl (C=O) groups excluding carboxylic acids is 1. The Balaban J connectivity index is 1.43. The molecule has 140 valence electrons. The van der Waals surface area contributed by atoms with Crippen molar-refractivity contribution >= 4 is 33.1 Å². The van der Waals surface area contributed by atoms with Crippen LogP contribution < -0.4 is 5.32 Å². The van der Waals surface area contributed by atoms with E-state index in [-0.39, 0.29) is 17.8 Å². The van der Waals surface area contributed by atoms with Gasteiger partial charge in [0, 0.05) is 18.2 Å². The third-order valence-corrected chi connectivity index (χ3v) is 6.35. The molecule has 0 spiro atoms. The first kappa shape index (κ1) is 18.1. The summed E-state index contributed by atoms with van der Waals surface area (Å²) >= 11 is 1.76. The topological polar surface area (TPSA) is 45.2 Å². The van der Waals surface area contributed by atoms with Crippen LogP contribution in [-0.4, -0.2) is 34.9 Å². The van der Waals surface area contributed by atoms with Gasteiger partial charge in [-0.25, -0.2) is 9.37 Å². The fraction of sp³-hybridized carbons (Fsp3) is 0.333. The number of hydrogen-bond donors (Lipinski definition) is 1. The van der Waals surface area contributed by atoms with Gasteiger partial charge >= 0.3 is 0 Å². The zero-order valence-electron chi connectivity index (χ0n) is 15.2. The molecule has 2 atom stereocenters. The van der Waals surface area contributed by atoms with Gasteiger partial charge in [0.1, 0.15) is 5.82 Å². The molecular weight excluding hydrogens is 361 g/mol. The van der Waals surface area contributed by atoms with Gasteiger partial charge in [-0.15, -0.1) is 11.3 Å². The fourth-order valence-electron chi connectivity index (χ4n) is 3.57. The van der Waals surface area contributed by atoms with Gasteiger partial charge < -0.3 is 5.32 Å². The molecule has 0 radical (unpaired) electrons. The molecule has 27 heavy (non-hydrogen) atoms. The zero-order chi connectivity index (χ0) is 18.8. The number of para-hydroxylation sites is 1. The van der Waals surface area contributed by atoms with Crippen LogP contribution in [0, 0.1) is 5.82 Å². The smallest absolute Gasteiger partial charge is 0.241 e. The molecule has 4 nitrogen and oxygen atoms in total. The van der Waals surface area contributed by atoms with Crippen LogP contribution in [0.25, 0.3) is 10.2 Å². The lowest BCUT2D eigenvalue weighted by molar-refractivity contribution is -0.121. The van der Waals surface area contributed by atoms with Crippen molar-refractivity contribution in [3.05, 3.63) is 59.4 Å². The Morgan fingerprint density at radius 2 is 2.04 bits per heavy atom. The average molecular weight is 383 g/mol. The molecule has 0 saturated carbocycles. The normalized spacial score (nSPS) is 19.1. The summed E-state index contributed by atoms with van der Waals surface area (Å²) in [7, 11) is 0. The minimum absolute atomic E-state index is 0.0634. The van der Waals surface area contributed by atoms with Crippen molar-refractivity contribution in [3.8, 4) is 0 Å². The molecule has 0 bridgehead atoms. The van der Waals surface area contributed by atoms with E-state index in [0.717, 1.165) is 36.5 Å². The number of hydrogen-bond acceptors (Lipinski definition) is 4. The highest BCUT2D eigenvalue weighted by atomic mass is 32.1. The van der Waals surface area contributed by atoms with Crippen molar-refractivity contribution in [3.63, 3.8) is 0 Å². The molecular formula is C21H22FN3OS. The Morgan fingerprint density at radius 3 is 2.81 bits per heavy atom. The molecule has 1 N–H and O–H groups in total. The van der Waals surface area contributed by atoms with Crippen molar-refractivity contribution < 1.29 is 9.18 Å². The van der Waals surface area contributed by atoms with Gasteiger partial charge in [0.05, 0.1) is 21.3 Å². The summed E-state index contributed by atoms with van der Waals surface area (Å²) in [5.74, 6) is -0.0143. The number of likely N-dealkylation sites (tertiary alicyclic amines) is 1. The summed E-state index contributed by atoms with van der Waals surface area (Å²) in [5.41, 5.74) is 1.67. The van der Waals surface area contributed by atoms with E-state index < -0.39 is 0 Å². The van der Waals surface area contributed by atoms with Gasteiger partial charge in [0.15, 0.2) is 0 Å². The van der Waals surface area contributed by atoms with Gasteiger partial charge in [-0.2, -0.15) is 0 Å². The van der Waals surface area contributed by atoms with E-state index in [0.29, 0.717) is 11.6 Å². The Hall–Kier alpha value is -2.31. The quantitative estimate of drug-likeness (QED) is 0.714. The number of thiazole rings is 1. The molecule has 6 heteroatoms. The first-order valence-electron chi connectivity index (χ1n) is 9.26. The highest BCUT2D eigenvalue weighted by molar-refractivity contribution is 7.18. The summed E-state index contributed by atoms with van der Waals surface area (Å²) in [6.07, 6.45) is 2.15. The molecule has 1 fully saturated rings. The molecule has 4 rings (SSSR count). The average Bonchev–Trinajstić information content (AvgIpc) is 3.13. The first-order valence-corrected chi connectivity index (χ1v) is 10.1. The maximum atomic E-state index is 13.0. The van der Waals surface area contributed by atoms with Crippen LogP contribution in [0.2, 0.25) is 0 Å². The van der Waals surface area contributed by atoms with E-state index >= 15 is 0 Å². The number of benzene rings is 2. The van der Waals surface area contributed by atoms with Crippen LogP contribution >= 0.6 is 11.3 Å². The Morgan fingerprint density at radius 1 is 1.26 bits per heavy atom. The minimum Gasteiger partial charge on any atom is -0.325 e. The number of halogens is 1. The molecule has 2 heterocycles. The Kier molecular flexibility index (Phi) is 5.18. The van der Waals surface area contributed by atoms with Gasteiger partial charge in [-0.3, -0.25) is 9.69 Å². The van der Waals surface area contributed by atoms with Crippen LogP contribution in [0.15, 0.2) is 48.5 Å². The number of carbonyl (C=O) groups is 1. The van der Waals surface area contributed by atoms with E-state index in [2.05, 4.69) is 22.3 Å². The molecule has 1 aliphatic heterocycles. The van der Waals surface area contributed by atoms with Crippen molar-refractivity contribution in [1.29, 1.82) is 0 Å². The maximum Gasteiger partial charge on any atom is 0.241 e. The summed E-state index contributed by atoms with van der Waals surface area (Å²) in [4.78, 5) is 19.6.